The summed E-state index contributed by atoms with van der Waals surface area (Å²) in [6, 6.07) is 0.582. The molecule has 5 nitrogen and oxygen atoms in total. The van der Waals surface area contributed by atoms with Gasteiger partial charge in [0.05, 0.1) is 12.5 Å². The van der Waals surface area contributed by atoms with Crippen molar-refractivity contribution in [1.82, 2.24) is 19.5 Å². The van der Waals surface area contributed by atoms with E-state index in [-0.39, 0.29) is 0 Å². The molecule has 0 unspecified atom stereocenters. The third-order valence-electron chi connectivity index (χ3n) is 3.89. The van der Waals surface area contributed by atoms with E-state index >= 15 is 0 Å². The fraction of sp³-hybridized carbons (Fsp3) is 0.562. The molecule has 2 aromatic rings. The molecule has 1 aliphatic rings. The van der Waals surface area contributed by atoms with Crippen molar-refractivity contribution in [2.75, 3.05) is 11.9 Å². The zero-order valence-electron chi connectivity index (χ0n) is 13.2. The Labute approximate surface area is 125 Å². The van der Waals surface area contributed by atoms with E-state index in [2.05, 4.69) is 42.6 Å². The van der Waals surface area contributed by atoms with Crippen molar-refractivity contribution >= 4 is 5.82 Å². The highest BCUT2D eigenvalue weighted by Gasteiger charge is 2.27. The summed E-state index contributed by atoms with van der Waals surface area (Å²) in [5.41, 5.74) is 3.28. The highest BCUT2D eigenvalue weighted by Crippen LogP contribution is 2.38. The molecule has 1 aliphatic carbocycles. The van der Waals surface area contributed by atoms with Gasteiger partial charge in [-0.15, -0.1) is 0 Å². The molecule has 0 spiro atoms. The predicted octanol–water partition coefficient (Wildman–Crippen LogP) is 3.54. The van der Waals surface area contributed by atoms with Gasteiger partial charge in [0.2, 0.25) is 0 Å². The number of nitrogens with zero attached hydrogens (tertiary/aromatic N) is 4. The maximum Gasteiger partial charge on any atom is 0.180 e. The SMILES string of the molecule is CCNc1nc(-c2cncn2C2CC2)nc(C)c1C(C)C. The Morgan fingerprint density at radius 2 is 2.10 bits per heavy atom. The standard InChI is InChI=1S/C16H23N5/c1-5-18-16-14(10(2)3)11(4)19-15(20-16)13-8-17-9-21(13)12-6-7-12/h8-10,12H,5-7H2,1-4H3,(H,18,19,20). The van der Waals surface area contributed by atoms with Gasteiger partial charge in [0.1, 0.15) is 11.5 Å². The Balaban J connectivity index is 2.08. The number of aryl methyl sites for hydroxylation is 1. The summed E-state index contributed by atoms with van der Waals surface area (Å²) in [5.74, 6) is 2.14. The molecule has 1 N–H and O–H groups in total. The van der Waals surface area contributed by atoms with E-state index in [4.69, 9.17) is 9.97 Å². The van der Waals surface area contributed by atoms with Gasteiger partial charge in [-0.2, -0.15) is 0 Å². The van der Waals surface area contributed by atoms with Gasteiger partial charge in [-0.1, -0.05) is 13.8 Å². The van der Waals surface area contributed by atoms with Gasteiger partial charge in [0.25, 0.3) is 0 Å². The number of hydrogen-bond donors (Lipinski definition) is 1. The van der Waals surface area contributed by atoms with Crippen LogP contribution in [0.3, 0.4) is 0 Å². The molecule has 0 amide bonds. The van der Waals surface area contributed by atoms with E-state index in [1.807, 2.05) is 12.5 Å². The van der Waals surface area contributed by atoms with Crippen LogP contribution in [0, 0.1) is 6.92 Å². The minimum atomic E-state index is 0.404. The van der Waals surface area contributed by atoms with Crippen LogP contribution in [-0.4, -0.2) is 26.1 Å². The first-order valence-electron chi connectivity index (χ1n) is 7.76. The van der Waals surface area contributed by atoms with Gasteiger partial charge >= 0.3 is 0 Å². The lowest BCUT2D eigenvalue weighted by atomic mass is 10.0. The number of aromatic nitrogens is 4. The molecule has 3 rings (SSSR count). The Hall–Kier alpha value is -1.91. The van der Waals surface area contributed by atoms with Crippen molar-refractivity contribution in [2.45, 2.75) is 52.5 Å². The number of hydrogen-bond acceptors (Lipinski definition) is 4. The fourth-order valence-corrected chi connectivity index (χ4v) is 2.81. The van der Waals surface area contributed by atoms with E-state index in [0.717, 1.165) is 29.6 Å². The van der Waals surface area contributed by atoms with Crippen molar-refractivity contribution in [2.24, 2.45) is 0 Å². The Morgan fingerprint density at radius 3 is 2.71 bits per heavy atom. The van der Waals surface area contributed by atoms with Crippen molar-refractivity contribution in [1.29, 1.82) is 0 Å². The summed E-state index contributed by atoms with van der Waals surface area (Å²) >= 11 is 0. The molecular formula is C16H23N5. The smallest absolute Gasteiger partial charge is 0.180 e. The number of imidazole rings is 1. The first kappa shape index (κ1) is 14.0. The molecule has 112 valence electrons. The maximum absolute atomic E-state index is 4.77. The summed E-state index contributed by atoms with van der Waals surface area (Å²) in [4.78, 5) is 13.8. The highest BCUT2D eigenvalue weighted by molar-refractivity contribution is 5.57. The topological polar surface area (TPSA) is 55.6 Å². The molecule has 5 heteroatoms. The summed E-state index contributed by atoms with van der Waals surface area (Å²) < 4.78 is 2.21. The molecule has 0 aliphatic heterocycles. The lowest BCUT2D eigenvalue weighted by Gasteiger charge is -2.17. The zero-order valence-corrected chi connectivity index (χ0v) is 13.2. The molecule has 0 radical (unpaired) electrons. The molecular weight excluding hydrogens is 262 g/mol. The maximum atomic E-state index is 4.77. The van der Waals surface area contributed by atoms with Crippen LogP contribution < -0.4 is 5.32 Å². The molecule has 0 saturated heterocycles. The normalized spacial score (nSPS) is 14.7. The van der Waals surface area contributed by atoms with Crippen molar-refractivity contribution in [3.8, 4) is 11.5 Å². The molecule has 21 heavy (non-hydrogen) atoms. The summed E-state index contributed by atoms with van der Waals surface area (Å²) in [6.45, 7) is 9.38. The average Bonchev–Trinajstić information content (AvgIpc) is 3.15. The molecule has 0 atom stereocenters. The van der Waals surface area contributed by atoms with Crippen LogP contribution in [0.4, 0.5) is 5.82 Å². The number of anilines is 1. The summed E-state index contributed by atoms with van der Waals surface area (Å²) in [6.07, 6.45) is 6.23. The molecule has 1 fully saturated rings. The third-order valence-corrected chi connectivity index (χ3v) is 3.89. The number of nitrogens with one attached hydrogen (secondary N) is 1. The van der Waals surface area contributed by atoms with E-state index in [0.29, 0.717) is 12.0 Å². The van der Waals surface area contributed by atoms with Crippen LogP contribution in [0.2, 0.25) is 0 Å². The molecule has 0 bridgehead atoms. The van der Waals surface area contributed by atoms with Crippen molar-refractivity contribution in [3.05, 3.63) is 23.8 Å². The van der Waals surface area contributed by atoms with Gasteiger partial charge in [-0.05, 0) is 32.6 Å². The Bertz CT molecular complexity index is 640. The van der Waals surface area contributed by atoms with Gasteiger partial charge in [0.15, 0.2) is 5.82 Å². The van der Waals surface area contributed by atoms with Crippen LogP contribution >= 0.6 is 0 Å². The molecule has 2 heterocycles. The first-order chi connectivity index (χ1) is 10.1. The van der Waals surface area contributed by atoms with Gasteiger partial charge in [-0.3, -0.25) is 0 Å². The minimum absolute atomic E-state index is 0.404. The van der Waals surface area contributed by atoms with Crippen LogP contribution in [0.5, 0.6) is 0 Å². The van der Waals surface area contributed by atoms with E-state index in [1.54, 1.807) is 0 Å². The Morgan fingerprint density at radius 1 is 1.33 bits per heavy atom. The van der Waals surface area contributed by atoms with Crippen LogP contribution in [0.25, 0.3) is 11.5 Å². The van der Waals surface area contributed by atoms with Crippen molar-refractivity contribution < 1.29 is 0 Å². The number of rotatable bonds is 5. The average molecular weight is 285 g/mol. The molecule has 2 aromatic heterocycles. The third kappa shape index (κ3) is 2.64. The lowest BCUT2D eigenvalue weighted by molar-refractivity contribution is 0.741. The lowest BCUT2D eigenvalue weighted by Crippen LogP contribution is -2.10. The predicted molar refractivity (Wildman–Crippen MR) is 84.5 cm³/mol. The zero-order chi connectivity index (χ0) is 15.0. The van der Waals surface area contributed by atoms with Crippen LogP contribution in [-0.2, 0) is 0 Å². The minimum Gasteiger partial charge on any atom is -0.370 e. The largest absolute Gasteiger partial charge is 0.370 e. The molecule has 0 aromatic carbocycles. The van der Waals surface area contributed by atoms with E-state index in [1.165, 1.54) is 18.4 Å². The van der Waals surface area contributed by atoms with E-state index in [9.17, 15) is 0 Å². The monoisotopic (exact) mass is 285 g/mol. The second-order valence-electron chi connectivity index (χ2n) is 6.00. The van der Waals surface area contributed by atoms with Crippen LogP contribution in [0.15, 0.2) is 12.5 Å². The van der Waals surface area contributed by atoms with Crippen LogP contribution in [0.1, 0.15) is 56.8 Å². The van der Waals surface area contributed by atoms with Gasteiger partial charge in [0, 0.05) is 23.8 Å². The molecule has 1 saturated carbocycles. The highest BCUT2D eigenvalue weighted by atomic mass is 15.1. The fourth-order valence-electron chi connectivity index (χ4n) is 2.81. The summed E-state index contributed by atoms with van der Waals surface area (Å²) in [5, 5.41) is 3.38. The quantitative estimate of drug-likeness (QED) is 0.913. The second-order valence-corrected chi connectivity index (χ2v) is 6.00. The Kier molecular flexibility index (Phi) is 3.66. The van der Waals surface area contributed by atoms with Gasteiger partial charge in [-0.25, -0.2) is 15.0 Å². The van der Waals surface area contributed by atoms with Crippen molar-refractivity contribution in [3.63, 3.8) is 0 Å². The van der Waals surface area contributed by atoms with Gasteiger partial charge < -0.3 is 9.88 Å². The van der Waals surface area contributed by atoms with E-state index < -0.39 is 0 Å². The summed E-state index contributed by atoms with van der Waals surface area (Å²) in [7, 11) is 0. The first-order valence-corrected chi connectivity index (χ1v) is 7.76. The second kappa shape index (κ2) is 5.47.